The lowest BCUT2D eigenvalue weighted by Crippen LogP contribution is -2.28. The van der Waals surface area contributed by atoms with Crippen molar-refractivity contribution in [2.45, 2.75) is 12.8 Å². The van der Waals surface area contributed by atoms with E-state index in [1.807, 2.05) is 18.2 Å². The summed E-state index contributed by atoms with van der Waals surface area (Å²) in [6.45, 7) is 1.19. The number of hydrogen-bond acceptors (Lipinski definition) is 4. The second-order valence-electron chi connectivity index (χ2n) is 3.89. The maximum atomic E-state index is 11.6. The molecule has 0 aromatic heterocycles. The first-order valence-corrected chi connectivity index (χ1v) is 6.01. The Balaban J connectivity index is 2.26. The predicted octanol–water partition coefficient (Wildman–Crippen LogP) is 0.996. The summed E-state index contributed by atoms with van der Waals surface area (Å²) in [5.74, 6) is 0.621. The third kappa shape index (κ3) is 5.65. The lowest BCUT2D eigenvalue weighted by atomic mass is 10.3. The van der Waals surface area contributed by atoms with Crippen molar-refractivity contribution in [2.75, 3.05) is 32.1 Å². The number of nitrogens with one attached hydrogen (secondary N) is 2. The Morgan fingerprint density at radius 3 is 2.94 bits per heavy atom. The number of anilines is 1. The third-order valence-corrected chi connectivity index (χ3v) is 2.40. The van der Waals surface area contributed by atoms with Gasteiger partial charge in [0.2, 0.25) is 5.91 Å². The minimum absolute atomic E-state index is 0.0905. The molecule has 0 bridgehead atoms. The van der Waals surface area contributed by atoms with Crippen molar-refractivity contribution in [1.29, 1.82) is 0 Å². The summed E-state index contributed by atoms with van der Waals surface area (Å²) >= 11 is 0. The van der Waals surface area contributed by atoms with Crippen LogP contribution in [0.15, 0.2) is 24.3 Å². The van der Waals surface area contributed by atoms with E-state index in [4.69, 9.17) is 9.84 Å². The maximum absolute atomic E-state index is 11.6. The van der Waals surface area contributed by atoms with Gasteiger partial charge in [-0.3, -0.25) is 4.79 Å². The summed E-state index contributed by atoms with van der Waals surface area (Å²) in [6, 6.07) is 7.22. The first-order chi connectivity index (χ1) is 8.76. The number of aliphatic hydroxyl groups excluding tert-OH is 1. The highest BCUT2D eigenvalue weighted by Crippen LogP contribution is 2.16. The Hall–Kier alpha value is -1.59. The number of benzene rings is 1. The lowest BCUT2D eigenvalue weighted by molar-refractivity contribution is -0.115. The smallest absolute Gasteiger partial charge is 0.238 e. The van der Waals surface area contributed by atoms with Gasteiger partial charge < -0.3 is 20.5 Å². The van der Waals surface area contributed by atoms with Gasteiger partial charge in [0.05, 0.1) is 13.7 Å². The van der Waals surface area contributed by atoms with Gasteiger partial charge in [0.1, 0.15) is 5.75 Å². The van der Waals surface area contributed by atoms with Crippen molar-refractivity contribution in [3.05, 3.63) is 24.3 Å². The molecule has 0 spiro atoms. The van der Waals surface area contributed by atoms with Crippen LogP contribution in [0, 0.1) is 0 Å². The van der Waals surface area contributed by atoms with Crippen molar-refractivity contribution in [2.24, 2.45) is 0 Å². The van der Waals surface area contributed by atoms with Gasteiger partial charge in [0, 0.05) is 18.4 Å². The summed E-state index contributed by atoms with van der Waals surface area (Å²) in [7, 11) is 1.59. The van der Waals surface area contributed by atoms with Gasteiger partial charge >= 0.3 is 0 Å². The SMILES string of the molecule is COc1cccc(NC(=O)CNCCCCO)c1. The fourth-order valence-electron chi connectivity index (χ4n) is 1.47. The Morgan fingerprint density at radius 2 is 2.22 bits per heavy atom. The standard InChI is InChI=1S/C13H20N2O3/c1-18-12-6-4-5-11(9-12)15-13(17)10-14-7-2-3-8-16/h4-6,9,14,16H,2-3,7-8,10H2,1H3,(H,15,17). The number of unbranched alkanes of at least 4 members (excludes halogenated alkanes) is 1. The van der Waals surface area contributed by atoms with Crippen molar-refractivity contribution in [1.82, 2.24) is 5.32 Å². The molecule has 3 N–H and O–H groups in total. The van der Waals surface area contributed by atoms with Crippen LogP contribution >= 0.6 is 0 Å². The van der Waals surface area contributed by atoms with E-state index >= 15 is 0 Å². The van der Waals surface area contributed by atoms with Gasteiger partial charge in [-0.05, 0) is 31.5 Å². The van der Waals surface area contributed by atoms with Gasteiger partial charge in [0.25, 0.3) is 0 Å². The van der Waals surface area contributed by atoms with E-state index < -0.39 is 0 Å². The molecule has 0 aliphatic rings. The second-order valence-corrected chi connectivity index (χ2v) is 3.89. The molecule has 0 unspecified atom stereocenters. The average Bonchev–Trinajstić information content (AvgIpc) is 2.38. The molecule has 1 aromatic rings. The highest BCUT2D eigenvalue weighted by atomic mass is 16.5. The van der Waals surface area contributed by atoms with Crippen LogP contribution in [0.5, 0.6) is 5.75 Å². The molecule has 0 atom stereocenters. The van der Waals surface area contributed by atoms with Crippen LogP contribution in [-0.2, 0) is 4.79 Å². The predicted molar refractivity (Wildman–Crippen MR) is 70.8 cm³/mol. The van der Waals surface area contributed by atoms with E-state index in [2.05, 4.69) is 10.6 Å². The van der Waals surface area contributed by atoms with Crippen molar-refractivity contribution in [3.63, 3.8) is 0 Å². The van der Waals surface area contributed by atoms with Crippen LogP contribution in [0.25, 0.3) is 0 Å². The second kappa shape index (κ2) is 8.49. The van der Waals surface area contributed by atoms with Gasteiger partial charge in [-0.1, -0.05) is 6.07 Å². The molecule has 18 heavy (non-hydrogen) atoms. The summed E-state index contributed by atoms with van der Waals surface area (Å²) in [5.41, 5.74) is 0.719. The zero-order valence-electron chi connectivity index (χ0n) is 10.6. The minimum atomic E-state index is -0.0905. The first kappa shape index (κ1) is 14.5. The summed E-state index contributed by atoms with van der Waals surface area (Å²) in [5, 5.41) is 14.4. The summed E-state index contributed by atoms with van der Waals surface area (Å²) in [4.78, 5) is 11.6. The van der Waals surface area contributed by atoms with Gasteiger partial charge in [0.15, 0.2) is 0 Å². The minimum Gasteiger partial charge on any atom is -0.497 e. The van der Waals surface area contributed by atoms with Crippen LogP contribution in [0.2, 0.25) is 0 Å². The maximum Gasteiger partial charge on any atom is 0.238 e. The van der Waals surface area contributed by atoms with Crippen molar-refractivity contribution in [3.8, 4) is 5.75 Å². The van der Waals surface area contributed by atoms with E-state index in [0.29, 0.717) is 5.75 Å². The molecule has 0 aliphatic heterocycles. The van der Waals surface area contributed by atoms with E-state index in [0.717, 1.165) is 25.1 Å². The first-order valence-electron chi connectivity index (χ1n) is 6.01. The molecule has 1 rings (SSSR count). The third-order valence-electron chi connectivity index (χ3n) is 2.40. The fraction of sp³-hybridized carbons (Fsp3) is 0.462. The van der Waals surface area contributed by atoms with Gasteiger partial charge in [-0.25, -0.2) is 0 Å². The zero-order valence-corrected chi connectivity index (χ0v) is 10.6. The molecule has 5 nitrogen and oxygen atoms in total. The summed E-state index contributed by atoms with van der Waals surface area (Å²) in [6.07, 6.45) is 1.62. The molecule has 0 saturated heterocycles. The molecular formula is C13H20N2O3. The monoisotopic (exact) mass is 252 g/mol. The van der Waals surface area contributed by atoms with E-state index in [1.165, 1.54) is 0 Å². The van der Waals surface area contributed by atoms with E-state index in [-0.39, 0.29) is 19.1 Å². The Labute approximate surface area is 107 Å². The number of carbonyl (C=O) groups excluding carboxylic acids is 1. The van der Waals surface area contributed by atoms with Crippen LogP contribution in [0.3, 0.4) is 0 Å². The Kier molecular flexibility index (Phi) is 6.83. The highest BCUT2D eigenvalue weighted by Gasteiger charge is 2.02. The molecule has 5 heteroatoms. The van der Waals surface area contributed by atoms with Crippen LogP contribution in [0.1, 0.15) is 12.8 Å². The molecule has 0 radical (unpaired) electrons. The largest absolute Gasteiger partial charge is 0.497 e. The fourth-order valence-corrected chi connectivity index (χ4v) is 1.47. The number of aliphatic hydroxyl groups is 1. The van der Waals surface area contributed by atoms with Crippen LogP contribution in [-0.4, -0.2) is 37.8 Å². The number of hydrogen-bond donors (Lipinski definition) is 3. The molecule has 0 heterocycles. The van der Waals surface area contributed by atoms with Gasteiger partial charge in [-0.2, -0.15) is 0 Å². The zero-order chi connectivity index (χ0) is 13.2. The van der Waals surface area contributed by atoms with Gasteiger partial charge in [-0.15, -0.1) is 0 Å². The van der Waals surface area contributed by atoms with E-state index in [9.17, 15) is 4.79 Å². The average molecular weight is 252 g/mol. The normalized spacial score (nSPS) is 10.1. The molecule has 0 saturated carbocycles. The van der Waals surface area contributed by atoms with Crippen molar-refractivity contribution < 1.29 is 14.6 Å². The number of carbonyl (C=O) groups is 1. The molecule has 0 fully saturated rings. The molecule has 0 aliphatic carbocycles. The topological polar surface area (TPSA) is 70.6 Å². The number of amides is 1. The number of methoxy groups -OCH3 is 1. The number of ether oxygens (including phenoxy) is 1. The lowest BCUT2D eigenvalue weighted by Gasteiger charge is -2.07. The molecule has 1 amide bonds. The highest BCUT2D eigenvalue weighted by molar-refractivity contribution is 5.92. The number of rotatable bonds is 8. The van der Waals surface area contributed by atoms with Crippen LogP contribution in [0.4, 0.5) is 5.69 Å². The van der Waals surface area contributed by atoms with E-state index in [1.54, 1.807) is 13.2 Å². The van der Waals surface area contributed by atoms with Crippen molar-refractivity contribution >= 4 is 11.6 Å². The van der Waals surface area contributed by atoms with Crippen LogP contribution < -0.4 is 15.4 Å². The molecule has 1 aromatic carbocycles. The Bertz CT molecular complexity index is 369. The Morgan fingerprint density at radius 1 is 1.39 bits per heavy atom. The summed E-state index contributed by atoms with van der Waals surface area (Å²) < 4.78 is 5.07. The quantitative estimate of drug-likeness (QED) is 0.604. The molecule has 100 valence electrons. The molecular weight excluding hydrogens is 232 g/mol.